The van der Waals surface area contributed by atoms with E-state index >= 15 is 0 Å². The Bertz CT molecular complexity index is 426. The first kappa shape index (κ1) is 18.8. The standard InChI is InChI=1S/C17H26N2O2/c1-6-9-11-15(12-18-5)19-13-16(14(4)10-7-2)17(20)21-8-3/h6,9,11-13,18-19H,1,4,7-8,10H2,2-3,5H3/b11-9-,15-12+,16-13+. The predicted molar refractivity (Wildman–Crippen MR) is 88.4 cm³/mol. The molecular weight excluding hydrogens is 264 g/mol. The summed E-state index contributed by atoms with van der Waals surface area (Å²) in [6, 6.07) is 0. The van der Waals surface area contributed by atoms with Crippen LogP contribution in [0.3, 0.4) is 0 Å². The molecule has 0 heterocycles. The molecule has 0 spiro atoms. The quantitative estimate of drug-likeness (QED) is 0.368. The summed E-state index contributed by atoms with van der Waals surface area (Å²) < 4.78 is 5.07. The molecule has 0 atom stereocenters. The van der Waals surface area contributed by atoms with Gasteiger partial charge in [0.2, 0.25) is 0 Å². The molecule has 0 aromatic carbocycles. The van der Waals surface area contributed by atoms with Crippen LogP contribution < -0.4 is 10.6 Å². The molecule has 0 saturated carbocycles. The molecule has 4 nitrogen and oxygen atoms in total. The van der Waals surface area contributed by atoms with Gasteiger partial charge < -0.3 is 15.4 Å². The monoisotopic (exact) mass is 290 g/mol. The van der Waals surface area contributed by atoms with E-state index < -0.39 is 0 Å². The van der Waals surface area contributed by atoms with Crippen molar-refractivity contribution in [2.75, 3.05) is 13.7 Å². The lowest BCUT2D eigenvalue weighted by Gasteiger charge is -2.11. The summed E-state index contributed by atoms with van der Waals surface area (Å²) in [6.45, 7) is 11.7. The van der Waals surface area contributed by atoms with Crippen molar-refractivity contribution in [1.29, 1.82) is 0 Å². The first-order valence-corrected chi connectivity index (χ1v) is 7.09. The summed E-state index contributed by atoms with van der Waals surface area (Å²) in [5.41, 5.74) is 2.02. The lowest BCUT2D eigenvalue weighted by atomic mass is 10.0. The van der Waals surface area contributed by atoms with Crippen molar-refractivity contribution in [3.8, 4) is 0 Å². The molecule has 116 valence electrons. The predicted octanol–water partition coefficient (Wildman–Crippen LogP) is 3.18. The topological polar surface area (TPSA) is 50.4 Å². The highest BCUT2D eigenvalue weighted by Crippen LogP contribution is 2.15. The maximum atomic E-state index is 12.0. The van der Waals surface area contributed by atoms with Crippen molar-refractivity contribution in [1.82, 2.24) is 10.6 Å². The summed E-state index contributed by atoms with van der Waals surface area (Å²) in [7, 11) is 1.80. The Morgan fingerprint density at radius 3 is 2.52 bits per heavy atom. The highest BCUT2D eigenvalue weighted by molar-refractivity contribution is 5.93. The first-order valence-electron chi connectivity index (χ1n) is 7.09. The van der Waals surface area contributed by atoms with Crippen LogP contribution in [-0.4, -0.2) is 19.6 Å². The van der Waals surface area contributed by atoms with Crippen molar-refractivity contribution in [2.24, 2.45) is 0 Å². The molecule has 0 aliphatic carbocycles. The van der Waals surface area contributed by atoms with Crippen LogP contribution in [-0.2, 0) is 9.53 Å². The average Bonchev–Trinajstić information content (AvgIpc) is 2.45. The summed E-state index contributed by atoms with van der Waals surface area (Å²) >= 11 is 0. The van der Waals surface area contributed by atoms with E-state index in [2.05, 4.69) is 23.8 Å². The maximum Gasteiger partial charge on any atom is 0.339 e. The number of esters is 1. The molecule has 4 heteroatoms. The van der Waals surface area contributed by atoms with E-state index in [-0.39, 0.29) is 5.97 Å². The summed E-state index contributed by atoms with van der Waals surface area (Å²) in [5.74, 6) is -0.361. The zero-order valence-corrected chi connectivity index (χ0v) is 13.2. The van der Waals surface area contributed by atoms with E-state index in [4.69, 9.17) is 4.74 Å². The Kier molecular flexibility index (Phi) is 10.4. The number of rotatable bonds is 10. The lowest BCUT2D eigenvalue weighted by Crippen LogP contribution is -2.15. The Balaban J connectivity index is 5.16. The number of carbonyl (C=O) groups is 1. The lowest BCUT2D eigenvalue weighted by molar-refractivity contribution is -0.138. The van der Waals surface area contributed by atoms with Gasteiger partial charge in [-0.05, 0) is 25.0 Å². The SMILES string of the molecule is C=C/C=C\C(=C/NC)N/C=C(\C(=C)CCC)C(=O)OCC. The van der Waals surface area contributed by atoms with Gasteiger partial charge in [0.15, 0.2) is 0 Å². The van der Waals surface area contributed by atoms with E-state index in [1.54, 1.807) is 38.5 Å². The van der Waals surface area contributed by atoms with Crippen LogP contribution in [0.5, 0.6) is 0 Å². The number of hydrogen-bond donors (Lipinski definition) is 2. The molecular formula is C17H26N2O2. The number of hydrogen-bond acceptors (Lipinski definition) is 4. The Labute approximate surface area is 128 Å². The third kappa shape index (κ3) is 7.82. The van der Waals surface area contributed by atoms with Gasteiger partial charge >= 0.3 is 5.97 Å². The minimum atomic E-state index is -0.361. The summed E-state index contributed by atoms with van der Waals surface area (Å²) in [5, 5.41) is 6.01. The largest absolute Gasteiger partial charge is 0.462 e. The first-order chi connectivity index (χ1) is 10.1. The fourth-order valence-electron chi connectivity index (χ4n) is 1.57. The van der Waals surface area contributed by atoms with Crippen LogP contribution in [0.25, 0.3) is 0 Å². The van der Waals surface area contributed by atoms with Gasteiger partial charge in [0.05, 0.1) is 17.9 Å². The maximum absolute atomic E-state index is 12.0. The van der Waals surface area contributed by atoms with Crippen LogP contribution in [0.2, 0.25) is 0 Å². The minimum absolute atomic E-state index is 0.338. The highest BCUT2D eigenvalue weighted by Gasteiger charge is 2.13. The molecule has 0 bridgehead atoms. The number of carbonyl (C=O) groups excluding carboxylic acids is 1. The molecule has 21 heavy (non-hydrogen) atoms. The third-order valence-corrected chi connectivity index (χ3v) is 2.52. The average molecular weight is 290 g/mol. The van der Waals surface area contributed by atoms with Crippen LogP contribution in [0.15, 0.2) is 60.6 Å². The van der Waals surface area contributed by atoms with Gasteiger partial charge in [0.25, 0.3) is 0 Å². The van der Waals surface area contributed by atoms with E-state index in [1.165, 1.54) is 0 Å². The Morgan fingerprint density at radius 2 is 2.00 bits per heavy atom. The Morgan fingerprint density at radius 1 is 1.29 bits per heavy atom. The fraction of sp³-hybridized carbons (Fsp3) is 0.353. The van der Waals surface area contributed by atoms with Gasteiger partial charge in [-0.15, -0.1) is 0 Å². The smallest absolute Gasteiger partial charge is 0.339 e. The summed E-state index contributed by atoms with van der Waals surface area (Å²) in [6.07, 6.45) is 10.4. The van der Waals surface area contributed by atoms with Crippen molar-refractivity contribution < 1.29 is 9.53 Å². The minimum Gasteiger partial charge on any atom is -0.462 e. The zero-order chi connectivity index (χ0) is 16.1. The van der Waals surface area contributed by atoms with Crippen molar-refractivity contribution in [2.45, 2.75) is 26.7 Å². The number of allylic oxidation sites excluding steroid dienone is 3. The summed E-state index contributed by atoms with van der Waals surface area (Å²) in [4.78, 5) is 12.0. The van der Waals surface area contributed by atoms with Crippen LogP contribution in [0.4, 0.5) is 0 Å². The van der Waals surface area contributed by atoms with Crippen LogP contribution >= 0.6 is 0 Å². The van der Waals surface area contributed by atoms with E-state index in [0.717, 1.165) is 24.1 Å². The normalized spacial score (nSPS) is 12.1. The van der Waals surface area contributed by atoms with Gasteiger partial charge in [-0.2, -0.15) is 0 Å². The van der Waals surface area contributed by atoms with Crippen LogP contribution in [0.1, 0.15) is 26.7 Å². The van der Waals surface area contributed by atoms with Crippen molar-refractivity contribution >= 4 is 5.97 Å². The second-order valence-electron chi connectivity index (χ2n) is 4.26. The zero-order valence-electron chi connectivity index (χ0n) is 13.2. The van der Waals surface area contributed by atoms with Gasteiger partial charge in [0, 0.05) is 19.4 Å². The van der Waals surface area contributed by atoms with E-state index in [0.29, 0.717) is 12.2 Å². The molecule has 0 fully saturated rings. The second kappa shape index (κ2) is 11.6. The molecule has 0 aromatic heterocycles. The van der Waals surface area contributed by atoms with Crippen molar-refractivity contribution in [3.63, 3.8) is 0 Å². The van der Waals surface area contributed by atoms with E-state index in [9.17, 15) is 4.79 Å². The third-order valence-electron chi connectivity index (χ3n) is 2.52. The van der Waals surface area contributed by atoms with Crippen LogP contribution in [0, 0.1) is 0 Å². The Hall–Kier alpha value is -2.23. The van der Waals surface area contributed by atoms with Gasteiger partial charge in [0.1, 0.15) is 0 Å². The molecule has 0 aliphatic rings. The van der Waals surface area contributed by atoms with E-state index in [1.807, 2.05) is 13.0 Å². The second-order valence-corrected chi connectivity index (χ2v) is 4.26. The molecule has 2 N–H and O–H groups in total. The van der Waals surface area contributed by atoms with Gasteiger partial charge in [-0.1, -0.05) is 38.7 Å². The van der Waals surface area contributed by atoms with Crippen molar-refractivity contribution in [3.05, 3.63) is 60.6 Å². The molecule has 0 saturated heterocycles. The van der Waals surface area contributed by atoms with Gasteiger partial charge in [-0.25, -0.2) is 4.79 Å². The molecule has 0 amide bonds. The number of ether oxygens (including phenoxy) is 1. The van der Waals surface area contributed by atoms with Gasteiger partial charge in [-0.3, -0.25) is 0 Å². The fourth-order valence-corrected chi connectivity index (χ4v) is 1.57. The molecule has 0 radical (unpaired) electrons. The number of nitrogens with one attached hydrogen (secondary N) is 2. The molecule has 0 unspecified atom stereocenters. The molecule has 0 aliphatic heterocycles. The molecule has 0 rings (SSSR count). The molecule has 0 aromatic rings. The highest BCUT2D eigenvalue weighted by atomic mass is 16.5.